The molecule has 0 saturated carbocycles. The number of hydrogen-bond donors (Lipinski definition) is 0. The summed E-state index contributed by atoms with van der Waals surface area (Å²) in [4.78, 5) is -0.178. The van der Waals surface area contributed by atoms with E-state index in [1.54, 1.807) is 30.6 Å². The fourth-order valence-electron chi connectivity index (χ4n) is 3.80. The monoisotopic (exact) mass is 472 g/mol. The van der Waals surface area contributed by atoms with Crippen LogP contribution in [0.15, 0.2) is 29.2 Å². The first kappa shape index (κ1) is 30.6. The lowest BCUT2D eigenvalue weighted by Gasteiger charge is -2.23. The molecule has 0 bridgehead atoms. The van der Waals surface area contributed by atoms with E-state index in [0.717, 1.165) is 5.56 Å². The molecule has 0 aliphatic rings. The van der Waals surface area contributed by atoms with Crippen LogP contribution in [0.1, 0.15) is 103 Å². The van der Waals surface area contributed by atoms with Crippen molar-refractivity contribution in [3.8, 4) is 0 Å². The lowest BCUT2D eigenvalue weighted by atomic mass is 10.2. The van der Waals surface area contributed by atoms with E-state index < -0.39 is 17.4 Å². The molecule has 182 valence electrons. The van der Waals surface area contributed by atoms with E-state index >= 15 is 0 Å². The molecule has 0 aromatic heterocycles. The van der Waals surface area contributed by atoms with Crippen LogP contribution < -0.4 is 0 Å². The maximum absolute atomic E-state index is 10.4. The molecule has 0 saturated heterocycles. The van der Waals surface area contributed by atoms with Gasteiger partial charge in [0.15, 0.2) is 0 Å². The van der Waals surface area contributed by atoms with Crippen molar-refractivity contribution in [1.29, 1.82) is 0 Å². The molecule has 0 aliphatic heterocycles. The molecule has 5 heteroatoms. The maximum Gasteiger partial charge on any atom is 0.124 e. The second-order valence-corrected chi connectivity index (χ2v) is 15.2. The highest BCUT2D eigenvalue weighted by molar-refractivity contribution is 7.85. The van der Waals surface area contributed by atoms with Crippen LogP contribution in [0.5, 0.6) is 0 Å². The predicted octanol–water partition coefficient (Wildman–Crippen LogP) is 8.27. The Hall–Kier alpha value is -0.440. The van der Waals surface area contributed by atoms with Gasteiger partial charge in [-0.15, -0.1) is 0 Å². The molecule has 31 heavy (non-hydrogen) atoms. The molecule has 3 nitrogen and oxygen atoms in total. The molecule has 0 fully saturated rings. The van der Waals surface area contributed by atoms with Gasteiger partial charge in [0.2, 0.25) is 0 Å². The normalized spacial score (nSPS) is 11.8. The molecular formula is C26H49O3PS. The lowest BCUT2D eigenvalue weighted by molar-refractivity contribution is 0.463. The second kappa shape index (κ2) is 18.0. The van der Waals surface area contributed by atoms with E-state index in [1.165, 1.54) is 89.2 Å². The third-order valence-electron chi connectivity index (χ3n) is 5.96. The van der Waals surface area contributed by atoms with Gasteiger partial charge in [-0.05, 0) is 57.6 Å². The molecule has 0 N–H and O–H groups in total. The largest absolute Gasteiger partial charge is 0.744 e. The second-order valence-electron chi connectivity index (χ2n) is 9.24. The highest BCUT2D eigenvalue weighted by atomic mass is 32.2. The average molecular weight is 473 g/mol. The zero-order chi connectivity index (χ0) is 23.6. The predicted molar refractivity (Wildman–Crippen MR) is 139 cm³/mol. The molecule has 0 heterocycles. The number of aryl methyl sites for hydroxylation is 1. The van der Waals surface area contributed by atoms with E-state index in [2.05, 4.69) is 27.4 Å². The van der Waals surface area contributed by atoms with Gasteiger partial charge in [-0.25, -0.2) is 8.42 Å². The van der Waals surface area contributed by atoms with Crippen LogP contribution in [0.4, 0.5) is 0 Å². The fourth-order valence-corrected chi connectivity index (χ4v) is 7.90. The molecule has 0 aliphatic carbocycles. The van der Waals surface area contributed by atoms with Gasteiger partial charge in [-0.1, -0.05) is 77.0 Å². The van der Waals surface area contributed by atoms with Crippen LogP contribution in [-0.4, -0.2) is 38.1 Å². The summed E-state index contributed by atoms with van der Waals surface area (Å²) in [6.07, 6.45) is 22.2. The van der Waals surface area contributed by atoms with Gasteiger partial charge in [0.25, 0.3) is 0 Å². The minimum Gasteiger partial charge on any atom is -0.744 e. The summed E-state index contributed by atoms with van der Waals surface area (Å²) in [5.74, 6) is 0. The van der Waals surface area contributed by atoms with E-state index in [1.807, 2.05) is 6.92 Å². The highest BCUT2D eigenvalue weighted by Gasteiger charge is 2.29. The highest BCUT2D eigenvalue weighted by Crippen LogP contribution is 2.57. The molecule has 1 aromatic carbocycles. The van der Waals surface area contributed by atoms with Crippen LogP contribution in [0, 0.1) is 6.92 Å². The molecule has 0 atom stereocenters. The third-order valence-corrected chi connectivity index (χ3v) is 11.0. The quantitative estimate of drug-likeness (QED) is 0.138. The SMILES string of the molecule is CCCCCC[P+](C)(CCCCCC)CCCCCC.Cc1ccc(S(=O)(=O)[O-])cc1. The van der Waals surface area contributed by atoms with Crippen LogP contribution in [-0.2, 0) is 10.1 Å². The minimum atomic E-state index is -4.27. The van der Waals surface area contributed by atoms with Crippen molar-refractivity contribution in [2.75, 3.05) is 25.2 Å². The number of benzene rings is 1. The Bertz CT molecular complexity index is 610. The van der Waals surface area contributed by atoms with Crippen LogP contribution in [0.25, 0.3) is 0 Å². The summed E-state index contributed by atoms with van der Waals surface area (Å²) >= 11 is 0. The Morgan fingerprint density at radius 1 is 0.677 bits per heavy atom. The number of hydrogen-bond acceptors (Lipinski definition) is 3. The molecule has 1 aromatic rings. The summed E-state index contributed by atoms with van der Waals surface area (Å²) in [5, 5.41) is 0. The first-order chi connectivity index (χ1) is 14.7. The lowest BCUT2D eigenvalue weighted by Crippen LogP contribution is -2.07. The van der Waals surface area contributed by atoms with Crippen LogP contribution >= 0.6 is 7.26 Å². The standard InChI is InChI=1S/C19H42P.C7H8O3S/c1-5-8-11-14-17-20(4,18-15-12-9-6-2)19-16-13-10-7-3;1-6-2-4-7(5-3-6)11(8,9)10/h5-19H2,1-4H3;2-5H,1H3,(H,8,9,10)/q+1;/p-1. The Morgan fingerprint density at radius 2 is 1.03 bits per heavy atom. The first-order valence-electron chi connectivity index (χ1n) is 12.5. The van der Waals surface area contributed by atoms with Crippen molar-refractivity contribution in [1.82, 2.24) is 0 Å². The van der Waals surface area contributed by atoms with E-state index in [4.69, 9.17) is 0 Å². The minimum absolute atomic E-state index is 0.178. The van der Waals surface area contributed by atoms with Gasteiger partial charge < -0.3 is 4.55 Å². The number of rotatable bonds is 16. The smallest absolute Gasteiger partial charge is 0.124 e. The summed E-state index contributed by atoms with van der Waals surface area (Å²) in [7, 11) is -4.86. The Kier molecular flexibility index (Phi) is 17.8. The average Bonchev–Trinajstić information content (AvgIpc) is 2.72. The molecule has 0 unspecified atom stereocenters. The molecule has 1 rings (SSSR count). The van der Waals surface area contributed by atoms with Gasteiger partial charge in [-0.2, -0.15) is 0 Å². The van der Waals surface area contributed by atoms with Gasteiger partial charge in [-0.3, -0.25) is 0 Å². The topological polar surface area (TPSA) is 57.2 Å². The summed E-state index contributed by atoms with van der Waals surface area (Å²) in [6.45, 7) is 11.5. The number of unbranched alkanes of at least 4 members (excludes halogenated alkanes) is 9. The van der Waals surface area contributed by atoms with E-state index in [0.29, 0.717) is 0 Å². The van der Waals surface area contributed by atoms with Crippen molar-refractivity contribution in [2.24, 2.45) is 0 Å². The zero-order valence-corrected chi connectivity index (χ0v) is 22.7. The van der Waals surface area contributed by atoms with Crippen LogP contribution in [0.3, 0.4) is 0 Å². The zero-order valence-electron chi connectivity index (χ0n) is 21.0. The summed E-state index contributed by atoms with van der Waals surface area (Å²) < 4.78 is 31.2. The first-order valence-corrected chi connectivity index (χ1v) is 16.7. The molecule has 0 radical (unpaired) electrons. The molecule has 0 spiro atoms. The van der Waals surface area contributed by atoms with E-state index in [9.17, 15) is 13.0 Å². The third kappa shape index (κ3) is 16.8. The summed E-state index contributed by atoms with van der Waals surface area (Å²) in [6, 6.07) is 5.78. The Labute approximate surface area is 194 Å². The summed E-state index contributed by atoms with van der Waals surface area (Å²) in [5.41, 5.74) is 0.928. The van der Waals surface area contributed by atoms with Crippen LogP contribution in [0.2, 0.25) is 0 Å². The van der Waals surface area contributed by atoms with Gasteiger partial charge in [0, 0.05) is 13.9 Å². The van der Waals surface area contributed by atoms with Crippen molar-refractivity contribution in [3.63, 3.8) is 0 Å². The van der Waals surface area contributed by atoms with E-state index in [-0.39, 0.29) is 4.90 Å². The maximum atomic E-state index is 10.4. The fraction of sp³-hybridized carbons (Fsp3) is 0.769. The van der Waals surface area contributed by atoms with Gasteiger partial charge in [0.1, 0.15) is 10.1 Å². The Morgan fingerprint density at radius 3 is 1.32 bits per heavy atom. The molecular weight excluding hydrogens is 423 g/mol. The molecule has 0 amide bonds. The van der Waals surface area contributed by atoms with Gasteiger partial charge in [0.05, 0.1) is 23.4 Å². The van der Waals surface area contributed by atoms with Crippen molar-refractivity contribution >= 4 is 17.4 Å². The van der Waals surface area contributed by atoms with Gasteiger partial charge >= 0.3 is 0 Å². The van der Waals surface area contributed by atoms with Crippen molar-refractivity contribution < 1.29 is 13.0 Å². The van der Waals surface area contributed by atoms with Crippen molar-refractivity contribution in [3.05, 3.63) is 29.8 Å². The Balaban J connectivity index is 0.000000683. The van der Waals surface area contributed by atoms with Crippen molar-refractivity contribution in [2.45, 2.75) is 110 Å².